The van der Waals surface area contributed by atoms with Gasteiger partial charge in [-0.3, -0.25) is 0 Å². The maximum atomic E-state index is 13.9. The molecule has 0 unspecified atom stereocenters. The molecule has 0 N–H and O–H groups in total. The van der Waals surface area contributed by atoms with Crippen LogP contribution in [0.5, 0.6) is 5.75 Å². The first-order chi connectivity index (χ1) is 10.6. The van der Waals surface area contributed by atoms with Crippen molar-refractivity contribution in [2.45, 2.75) is 58.2 Å². The molecule has 23 heavy (non-hydrogen) atoms. The molecule has 0 aromatic heterocycles. The molecular formula is C17H26BrFO3Si. The third kappa shape index (κ3) is 3.97. The van der Waals surface area contributed by atoms with Crippen LogP contribution in [-0.2, 0) is 4.74 Å². The van der Waals surface area contributed by atoms with E-state index in [2.05, 4.69) is 57.5 Å². The Kier molecular flexibility index (Phi) is 6.83. The summed E-state index contributed by atoms with van der Waals surface area (Å²) < 4.78 is 25.4. The predicted molar refractivity (Wildman–Crippen MR) is 97.1 cm³/mol. The van der Waals surface area contributed by atoms with Gasteiger partial charge in [-0.05, 0) is 44.7 Å². The van der Waals surface area contributed by atoms with Gasteiger partial charge in [0.1, 0.15) is 17.1 Å². The number of hydrogen-bond donors (Lipinski definition) is 0. The lowest BCUT2D eigenvalue weighted by atomic mass is 10.2. The average molecular weight is 405 g/mol. The molecule has 0 aliphatic rings. The number of halogens is 2. The van der Waals surface area contributed by atoms with Gasteiger partial charge in [-0.1, -0.05) is 41.5 Å². The van der Waals surface area contributed by atoms with E-state index in [9.17, 15) is 9.18 Å². The van der Waals surface area contributed by atoms with Crippen molar-refractivity contribution in [3.8, 4) is 5.75 Å². The summed E-state index contributed by atoms with van der Waals surface area (Å²) in [5.41, 5.74) is 1.16. The van der Waals surface area contributed by atoms with Gasteiger partial charge in [0.15, 0.2) is 0 Å². The molecule has 0 aliphatic heterocycles. The largest absolute Gasteiger partial charge is 0.542 e. The third-order valence-electron chi connectivity index (χ3n) is 4.42. The van der Waals surface area contributed by atoms with Crippen LogP contribution in [0.1, 0.15) is 51.9 Å². The first-order valence-corrected chi connectivity index (χ1v) is 10.8. The Labute approximate surface area is 147 Å². The van der Waals surface area contributed by atoms with Gasteiger partial charge in [0, 0.05) is 0 Å². The van der Waals surface area contributed by atoms with Crippen LogP contribution in [0.15, 0.2) is 16.6 Å². The standard InChI is InChI=1S/C17H26BrFO3Si/c1-10(2)23(11(3)4,12(5)6)22-16-9-14(18)15(19)8-13(16)17(20)21-7/h8-12H,1-7H3. The third-order valence-corrected chi connectivity index (χ3v) is 11.0. The summed E-state index contributed by atoms with van der Waals surface area (Å²) in [6.45, 7) is 12.9. The molecule has 1 aromatic rings. The number of methoxy groups -OCH3 is 1. The van der Waals surface area contributed by atoms with Crippen molar-refractivity contribution in [2.75, 3.05) is 7.11 Å². The minimum absolute atomic E-state index is 0.132. The Morgan fingerprint density at radius 3 is 1.96 bits per heavy atom. The molecule has 6 heteroatoms. The summed E-state index contributed by atoms with van der Waals surface area (Å²) in [5, 5.41) is 0. The summed E-state index contributed by atoms with van der Waals surface area (Å²) >= 11 is 3.18. The van der Waals surface area contributed by atoms with Gasteiger partial charge >= 0.3 is 5.97 Å². The number of carbonyl (C=O) groups excluding carboxylic acids is 1. The normalized spacial score (nSPS) is 12.2. The lowest BCUT2D eigenvalue weighted by Crippen LogP contribution is -2.51. The van der Waals surface area contributed by atoms with Crippen LogP contribution in [0, 0.1) is 5.82 Å². The van der Waals surface area contributed by atoms with Gasteiger partial charge in [-0.25, -0.2) is 9.18 Å². The number of rotatable bonds is 6. The fourth-order valence-corrected chi connectivity index (χ4v) is 9.01. The lowest BCUT2D eigenvalue weighted by molar-refractivity contribution is 0.0597. The highest BCUT2D eigenvalue weighted by Crippen LogP contribution is 2.44. The van der Waals surface area contributed by atoms with E-state index < -0.39 is 20.1 Å². The van der Waals surface area contributed by atoms with E-state index >= 15 is 0 Å². The average Bonchev–Trinajstić information content (AvgIpc) is 2.45. The molecule has 0 atom stereocenters. The van der Waals surface area contributed by atoms with Crippen molar-refractivity contribution < 1.29 is 18.3 Å². The number of ether oxygens (including phenoxy) is 1. The van der Waals surface area contributed by atoms with Crippen LogP contribution in [0.2, 0.25) is 16.6 Å². The second kappa shape index (κ2) is 7.79. The maximum absolute atomic E-state index is 13.9. The Morgan fingerprint density at radius 1 is 1.09 bits per heavy atom. The Morgan fingerprint density at radius 2 is 1.57 bits per heavy atom. The monoisotopic (exact) mass is 404 g/mol. The van der Waals surface area contributed by atoms with Crippen molar-refractivity contribution in [3.63, 3.8) is 0 Å². The second-order valence-electron chi connectivity index (χ2n) is 6.67. The van der Waals surface area contributed by atoms with Crippen LogP contribution < -0.4 is 4.43 Å². The van der Waals surface area contributed by atoms with E-state index in [4.69, 9.17) is 9.16 Å². The molecule has 1 rings (SSSR count). The van der Waals surface area contributed by atoms with Gasteiger partial charge in [0.2, 0.25) is 0 Å². The topological polar surface area (TPSA) is 35.5 Å². The number of benzene rings is 1. The van der Waals surface area contributed by atoms with E-state index in [0.29, 0.717) is 22.4 Å². The molecule has 0 bridgehead atoms. The molecule has 0 spiro atoms. The predicted octanol–water partition coefficient (Wildman–Crippen LogP) is 5.93. The van der Waals surface area contributed by atoms with E-state index in [1.165, 1.54) is 19.2 Å². The molecule has 130 valence electrons. The molecule has 1 aromatic carbocycles. The van der Waals surface area contributed by atoms with Crippen LogP contribution >= 0.6 is 15.9 Å². The van der Waals surface area contributed by atoms with E-state index in [0.717, 1.165) is 0 Å². The molecule has 0 aliphatic carbocycles. The summed E-state index contributed by atoms with van der Waals surface area (Å²) in [5.74, 6) is -0.706. The fraction of sp³-hybridized carbons (Fsp3) is 0.588. The van der Waals surface area contributed by atoms with E-state index in [1.54, 1.807) is 0 Å². The van der Waals surface area contributed by atoms with Gasteiger partial charge in [-0.15, -0.1) is 0 Å². The van der Waals surface area contributed by atoms with Crippen molar-refractivity contribution in [2.24, 2.45) is 0 Å². The molecule has 3 nitrogen and oxygen atoms in total. The van der Waals surface area contributed by atoms with Crippen molar-refractivity contribution in [1.82, 2.24) is 0 Å². The minimum atomic E-state index is -2.25. The first-order valence-electron chi connectivity index (χ1n) is 7.84. The molecule has 0 amide bonds. The second-order valence-corrected chi connectivity index (χ2v) is 12.9. The fourth-order valence-electron chi connectivity index (χ4n) is 3.43. The van der Waals surface area contributed by atoms with Crippen LogP contribution in [0.4, 0.5) is 4.39 Å². The molecule has 0 radical (unpaired) electrons. The summed E-state index contributed by atoms with van der Waals surface area (Å²) in [6.07, 6.45) is 0. The van der Waals surface area contributed by atoms with Gasteiger partial charge in [0.25, 0.3) is 8.32 Å². The first kappa shape index (κ1) is 20.2. The summed E-state index contributed by atoms with van der Waals surface area (Å²) in [4.78, 5) is 12.0. The molecule has 0 heterocycles. The van der Waals surface area contributed by atoms with Crippen molar-refractivity contribution in [1.29, 1.82) is 0 Å². The van der Waals surface area contributed by atoms with Crippen LogP contribution in [-0.4, -0.2) is 21.4 Å². The van der Waals surface area contributed by atoms with E-state index in [-0.39, 0.29) is 10.0 Å². The Hall–Kier alpha value is -0.883. The quantitative estimate of drug-likeness (QED) is 0.435. The lowest BCUT2D eigenvalue weighted by Gasteiger charge is -2.42. The Bertz CT molecular complexity index is 551. The van der Waals surface area contributed by atoms with Crippen LogP contribution in [0.25, 0.3) is 0 Å². The molecule has 0 fully saturated rings. The van der Waals surface area contributed by atoms with Gasteiger partial charge in [-0.2, -0.15) is 0 Å². The minimum Gasteiger partial charge on any atom is -0.542 e. The Balaban J connectivity index is 3.50. The van der Waals surface area contributed by atoms with Gasteiger partial charge < -0.3 is 9.16 Å². The van der Waals surface area contributed by atoms with Crippen molar-refractivity contribution >= 4 is 30.2 Å². The number of carbonyl (C=O) groups is 1. The number of hydrogen-bond acceptors (Lipinski definition) is 3. The van der Waals surface area contributed by atoms with Gasteiger partial charge in [0.05, 0.1) is 11.6 Å². The number of esters is 1. The molecule has 0 saturated carbocycles. The SMILES string of the molecule is COC(=O)c1cc(F)c(Br)cc1O[Si](C(C)C)(C(C)C)C(C)C. The maximum Gasteiger partial charge on any atom is 0.341 e. The highest BCUT2D eigenvalue weighted by atomic mass is 79.9. The van der Waals surface area contributed by atoms with Crippen molar-refractivity contribution in [3.05, 3.63) is 28.0 Å². The zero-order chi connectivity index (χ0) is 17.9. The molecule has 0 saturated heterocycles. The highest BCUT2D eigenvalue weighted by Gasteiger charge is 2.47. The highest BCUT2D eigenvalue weighted by molar-refractivity contribution is 9.10. The van der Waals surface area contributed by atoms with Crippen LogP contribution in [0.3, 0.4) is 0 Å². The zero-order valence-corrected chi connectivity index (χ0v) is 17.5. The summed E-state index contributed by atoms with van der Waals surface area (Å²) in [7, 11) is -0.968. The van der Waals surface area contributed by atoms with E-state index in [1.807, 2.05) is 0 Å². The molecular weight excluding hydrogens is 379 g/mol. The zero-order valence-electron chi connectivity index (χ0n) is 14.9. The smallest absolute Gasteiger partial charge is 0.341 e. The summed E-state index contributed by atoms with van der Waals surface area (Å²) in [6, 6.07) is 2.71.